The molecule has 0 heterocycles. The molecule has 7 heteroatoms. The minimum atomic E-state index is -0.0985. The molecule has 0 saturated heterocycles. The summed E-state index contributed by atoms with van der Waals surface area (Å²) in [6.45, 7) is 3.58. The zero-order chi connectivity index (χ0) is 19.6. The van der Waals surface area contributed by atoms with Gasteiger partial charge >= 0.3 is 0 Å². The summed E-state index contributed by atoms with van der Waals surface area (Å²) >= 11 is 6.07. The van der Waals surface area contributed by atoms with Crippen molar-refractivity contribution >= 4 is 23.2 Å². The number of hydrogen-bond acceptors (Lipinski definition) is 5. The highest BCUT2D eigenvalue weighted by molar-refractivity contribution is 6.31. The molecule has 0 aliphatic rings. The Hall–Kier alpha value is -2.44. The van der Waals surface area contributed by atoms with Gasteiger partial charge in [0.25, 0.3) is 0 Å². The molecule has 0 atom stereocenters. The number of nitrogens with one attached hydrogen (secondary N) is 2. The zero-order valence-corrected chi connectivity index (χ0v) is 16.6. The van der Waals surface area contributed by atoms with Crippen molar-refractivity contribution in [3.63, 3.8) is 0 Å². The van der Waals surface area contributed by atoms with Gasteiger partial charge in [0.2, 0.25) is 5.91 Å². The summed E-state index contributed by atoms with van der Waals surface area (Å²) in [5, 5.41) is 6.63. The van der Waals surface area contributed by atoms with Crippen molar-refractivity contribution in [3.8, 4) is 17.2 Å². The molecule has 0 spiro atoms. The Morgan fingerprint density at radius 2 is 1.74 bits per heavy atom. The summed E-state index contributed by atoms with van der Waals surface area (Å²) in [6.07, 6.45) is 0.341. The van der Waals surface area contributed by atoms with Crippen molar-refractivity contribution in [1.82, 2.24) is 5.32 Å². The van der Waals surface area contributed by atoms with Crippen LogP contribution in [0.15, 0.2) is 36.4 Å². The van der Waals surface area contributed by atoms with E-state index in [9.17, 15) is 4.79 Å². The maximum atomic E-state index is 12.1. The van der Waals surface area contributed by atoms with Crippen LogP contribution in [0.3, 0.4) is 0 Å². The fourth-order valence-corrected chi connectivity index (χ4v) is 2.54. The molecule has 2 N–H and O–H groups in total. The normalized spacial score (nSPS) is 10.4. The number of methoxy groups -OCH3 is 2. The van der Waals surface area contributed by atoms with E-state index in [1.165, 1.54) is 0 Å². The molecule has 0 saturated carbocycles. The third-order valence-corrected chi connectivity index (χ3v) is 4.30. The zero-order valence-electron chi connectivity index (χ0n) is 15.8. The molecule has 0 unspecified atom stereocenters. The van der Waals surface area contributed by atoms with Gasteiger partial charge in [-0.2, -0.15) is 0 Å². The molecule has 0 aliphatic carbocycles. The van der Waals surface area contributed by atoms with Crippen LogP contribution in [0.2, 0.25) is 5.02 Å². The van der Waals surface area contributed by atoms with Crippen LogP contribution >= 0.6 is 11.6 Å². The van der Waals surface area contributed by atoms with Gasteiger partial charge < -0.3 is 24.8 Å². The van der Waals surface area contributed by atoms with E-state index < -0.39 is 0 Å². The highest BCUT2D eigenvalue weighted by Crippen LogP contribution is 2.30. The number of benzene rings is 2. The van der Waals surface area contributed by atoms with E-state index in [1.807, 2.05) is 31.2 Å². The van der Waals surface area contributed by atoms with Gasteiger partial charge in [0.05, 0.1) is 19.9 Å². The van der Waals surface area contributed by atoms with Crippen molar-refractivity contribution in [1.29, 1.82) is 0 Å². The molecule has 0 fully saturated rings. The molecule has 0 radical (unpaired) electrons. The highest BCUT2D eigenvalue weighted by atomic mass is 35.5. The predicted octanol–water partition coefficient (Wildman–Crippen LogP) is 3.66. The Balaban J connectivity index is 1.67. The standard InChI is InChI=1S/C20H25ClN2O4/c1-14-12-18(19(26-3)13-17(14)21)23-20(24)8-9-22-10-11-27-16-6-4-15(25-2)5-7-16/h4-7,12-13,22H,8-11H2,1-3H3,(H,23,24). The second kappa shape index (κ2) is 10.6. The fraction of sp³-hybridized carbons (Fsp3) is 0.350. The first-order valence-corrected chi connectivity index (χ1v) is 9.03. The number of amides is 1. The number of rotatable bonds is 10. The molecule has 146 valence electrons. The van der Waals surface area contributed by atoms with E-state index >= 15 is 0 Å². The summed E-state index contributed by atoms with van der Waals surface area (Å²) in [7, 11) is 3.17. The van der Waals surface area contributed by atoms with Crippen LogP contribution in [0.5, 0.6) is 17.2 Å². The lowest BCUT2D eigenvalue weighted by molar-refractivity contribution is -0.116. The van der Waals surface area contributed by atoms with Gasteiger partial charge in [-0.15, -0.1) is 0 Å². The van der Waals surface area contributed by atoms with Gasteiger partial charge in [-0.1, -0.05) is 11.6 Å². The SMILES string of the molecule is COc1ccc(OCCNCCC(=O)Nc2cc(C)c(Cl)cc2OC)cc1. The number of hydrogen-bond donors (Lipinski definition) is 2. The molecule has 2 aromatic carbocycles. The molecule has 0 aliphatic heterocycles. The Morgan fingerprint density at radius 3 is 2.41 bits per heavy atom. The number of carbonyl (C=O) groups excluding carboxylic acids is 1. The van der Waals surface area contributed by atoms with Gasteiger partial charge in [-0.25, -0.2) is 0 Å². The minimum Gasteiger partial charge on any atom is -0.497 e. The largest absolute Gasteiger partial charge is 0.497 e. The van der Waals surface area contributed by atoms with Crippen molar-refractivity contribution in [2.75, 3.05) is 39.2 Å². The van der Waals surface area contributed by atoms with Gasteiger partial charge in [0.15, 0.2) is 0 Å². The molecule has 0 aromatic heterocycles. The second-order valence-electron chi connectivity index (χ2n) is 5.87. The first kappa shape index (κ1) is 20.9. The topological polar surface area (TPSA) is 68.8 Å². The van der Waals surface area contributed by atoms with Crippen LogP contribution in [0.25, 0.3) is 0 Å². The van der Waals surface area contributed by atoms with Gasteiger partial charge in [0, 0.05) is 30.6 Å². The first-order valence-electron chi connectivity index (χ1n) is 8.65. The molecular weight excluding hydrogens is 368 g/mol. The summed E-state index contributed by atoms with van der Waals surface area (Å²) in [5.41, 5.74) is 1.49. The number of ether oxygens (including phenoxy) is 3. The maximum absolute atomic E-state index is 12.1. The molecule has 0 bridgehead atoms. The molecular formula is C20H25ClN2O4. The summed E-state index contributed by atoms with van der Waals surface area (Å²) in [6, 6.07) is 10.9. The third-order valence-electron chi connectivity index (χ3n) is 3.89. The number of halogens is 1. The molecule has 1 amide bonds. The Bertz CT molecular complexity index is 750. The van der Waals surface area contributed by atoms with Gasteiger partial charge in [-0.3, -0.25) is 4.79 Å². The monoisotopic (exact) mass is 392 g/mol. The van der Waals surface area contributed by atoms with Gasteiger partial charge in [0.1, 0.15) is 23.9 Å². The van der Waals surface area contributed by atoms with E-state index in [2.05, 4.69) is 10.6 Å². The number of anilines is 1. The quantitative estimate of drug-likeness (QED) is 0.604. The Morgan fingerprint density at radius 1 is 1.04 bits per heavy atom. The van der Waals surface area contributed by atoms with Crippen molar-refractivity contribution in [2.24, 2.45) is 0 Å². The Kier molecular flexibility index (Phi) is 8.23. The summed E-state index contributed by atoms with van der Waals surface area (Å²) < 4.78 is 16.0. The number of carbonyl (C=O) groups is 1. The van der Waals surface area contributed by atoms with E-state index in [4.69, 9.17) is 25.8 Å². The Labute approximate surface area is 164 Å². The maximum Gasteiger partial charge on any atom is 0.225 e. The lowest BCUT2D eigenvalue weighted by atomic mass is 10.2. The first-order chi connectivity index (χ1) is 13.0. The average Bonchev–Trinajstić information content (AvgIpc) is 2.67. The van der Waals surface area contributed by atoms with Crippen molar-refractivity contribution < 1.29 is 19.0 Å². The molecule has 2 aromatic rings. The smallest absolute Gasteiger partial charge is 0.225 e. The fourth-order valence-electron chi connectivity index (χ4n) is 2.38. The lowest BCUT2D eigenvalue weighted by Gasteiger charge is -2.12. The van der Waals surface area contributed by atoms with E-state index in [1.54, 1.807) is 26.4 Å². The van der Waals surface area contributed by atoms with Crippen LogP contribution in [-0.2, 0) is 4.79 Å². The van der Waals surface area contributed by atoms with Crippen LogP contribution < -0.4 is 24.8 Å². The predicted molar refractivity (Wildman–Crippen MR) is 107 cm³/mol. The van der Waals surface area contributed by atoms with Crippen LogP contribution in [-0.4, -0.2) is 39.8 Å². The lowest BCUT2D eigenvalue weighted by Crippen LogP contribution is -2.25. The van der Waals surface area contributed by atoms with Crippen molar-refractivity contribution in [2.45, 2.75) is 13.3 Å². The van der Waals surface area contributed by atoms with Crippen LogP contribution in [0.1, 0.15) is 12.0 Å². The molecule has 2 rings (SSSR count). The average molecular weight is 393 g/mol. The van der Waals surface area contributed by atoms with Gasteiger partial charge in [-0.05, 0) is 42.8 Å². The third kappa shape index (κ3) is 6.66. The second-order valence-corrected chi connectivity index (χ2v) is 6.28. The highest BCUT2D eigenvalue weighted by Gasteiger charge is 2.10. The summed E-state index contributed by atoms with van der Waals surface area (Å²) in [5.74, 6) is 2.01. The van der Waals surface area contributed by atoms with Crippen molar-refractivity contribution in [3.05, 3.63) is 47.0 Å². The van der Waals surface area contributed by atoms with E-state index in [0.29, 0.717) is 42.6 Å². The summed E-state index contributed by atoms with van der Waals surface area (Å²) in [4.78, 5) is 12.1. The van der Waals surface area contributed by atoms with Crippen LogP contribution in [0.4, 0.5) is 5.69 Å². The molecule has 6 nitrogen and oxygen atoms in total. The van der Waals surface area contributed by atoms with E-state index in [-0.39, 0.29) is 5.91 Å². The van der Waals surface area contributed by atoms with Crippen LogP contribution in [0, 0.1) is 6.92 Å². The number of aryl methyl sites for hydroxylation is 1. The van der Waals surface area contributed by atoms with E-state index in [0.717, 1.165) is 17.1 Å². The molecule has 27 heavy (non-hydrogen) atoms. The minimum absolute atomic E-state index is 0.0985.